The van der Waals surface area contributed by atoms with Crippen LogP contribution in [0.1, 0.15) is 46.8 Å². The molecule has 6 nitrogen and oxygen atoms in total. The van der Waals surface area contributed by atoms with Crippen LogP contribution in [-0.2, 0) is 22.6 Å². The lowest BCUT2D eigenvalue weighted by molar-refractivity contribution is -0.130. The summed E-state index contributed by atoms with van der Waals surface area (Å²) in [5, 5.41) is 0.795. The predicted molar refractivity (Wildman–Crippen MR) is 150 cm³/mol. The summed E-state index contributed by atoms with van der Waals surface area (Å²) in [6.07, 6.45) is 3.23. The van der Waals surface area contributed by atoms with Crippen LogP contribution in [-0.4, -0.2) is 41.0 Å². The van der Waals surface area contributed by atoms with Gasteiger partial charge < -0.3 is 14.4 Å². The number of ether oxygens (including phenoxy) is 2. The van der Waals surface area contributed by atoms with Crippen LogP contribution in [0.3, 0.4) is 0 Å². The van der Waals surface area contributed by atoms with E-state index in [1.807, 2.05) is 36.4 Å². The molecule has 39 heavy (non-hydrogen) atoms. The van der Waals surface area contributed by atoms with Gasteiger partial charge in [-0.1, -0.05) is 58.4 Å². The Morgan fingerprint density at radius 2 is 1.72 bits per heavy atom. The zero-order chi connectivity index (χ0) is 27.4. The Labute approximate surface area is 234 Å². The Kier molecular flexibility index (Phi) is 8.21. The van der Waals surface area contributed by atoms with E-state index in [0.29, 0.717) is 48.1 Å². The number of fused-ring (bicyclic) bond motifs is 1. The van der Waals surface area contributed by atoms with E-state index in [1.54, 1.807) is 36.2 Å². The molecule has 0 atom stereocenters. The van der Waals surface area contributed by atoms with Crippen molar-refractivity contribution in [1.82, 2.24) is 9.88 Å². The lowest BCUT2D eigenvalue weighted by Crippen LogP contribution is -2.40. The van der Waals surface area contributed by atoms with E-state index in [9.17, 15) is 14.0 Å². The first kappa shape index (κ1) is 26.8. The molecule has 1 aliphatic heterocycles. The maximum absolute atomic E-state index is 13.4. The van der Waals surface area contributed by atoms with Gasteiger partial charge in [-0.25, -0.2) is 9.18 Å². The molecule has 1 aromatic heterocycles. The van der Waals surface area contributed by atoms with Gasteiger partial charge in [-0.15, -0.1) is 0 Å². The summed E-state index contributed by atoms with van der Waals surface area (Å²) in [4.78, 5) is 31.6. The van der Waals surface area contributed by atoms with Crippen LogP contribution >= 0.6 is 15.9 Å². The van der Waals surface area contributed by atoms with Crippen LogP contribution in [0.25, 0.3) is 10.9 Å². The molecule has 3 aromatic carbocycles. The fraction of sp³-hybridized carbons (Fsp3) is 0.258. The molecule has 0 saturated carbocycles. The first-order valence-electron chi connectivity index (χ1n) is 12.9. The molecule has 0 bridgehead atoms. The average molecular weight is 591 g/mol. The molecule has 5 rings (SSSR count). The van der Waals surface area contributed by atoms with Gasteiger partial charge in [-0.2, -0.15) is 0 Å². The Balaban J connectivity index is 1.45. The second kappa shape index (κ2) is 11.9. The zero-order valence-electron chi connectivity index (χ0n) is 21.5. The third kappa shape index (κ3) is 6.45. The van der Waals surface area contributed by atoms with E-state index in [-0.39, 0.29) is 30.0 Å². The summed E-state index contributed by atoms with van der Waals surface area (Å²) in [6.45, 7) is 2.93. The molecular formula is C31H28BrFN2O4. The van der Waals surface area contributed by atoms with Crippen molar-refractivity contribution in [2.45, 2.75) is 38.9 Å². The third-order valence-corrected chi connectivity index (χ3v) is 7.52. The van der Waals surface area contributed by atoms with Crippen molar-refractivity contribution in [3.63, 3.8) is 0 Å². The van der Waals surface area contributed by atoms with Gasteiger partial charge in [0.25, 0.3) is 0 Å². The highest BCUT2D eigenvalue weighted by Gasteiger charge is 2.27. The van der Waals surface area contributed by atoms with Crippen LogP contribution in [0.5, 0.6) is 5.75 Å². The lowest BCUT2D eigenvalue weighted by Gasteiger charge is -2.31. The van der Waals surface area contributed by atoms with Crippen LogP contribution < -0.4 is 4.74 Å². The van der Waals surface area contributed by atoms with Crippen LogP contribution in [0.2, 0.25) is 0 Å². The number of likely N-dealkylation sites (tertiary alicyclic amines) is 1. The van der Waals surface area contributed by atoms with Crippen LogP contribution in [0.4, 0.5) is 4.39 Å². The molecular weight excluding hydrogens is 563 g/mol. The summed E-state index contributed by atoms with van der Waals surface area (Å²) >= 11 is 3.63. The van der Waals surface area contributed by atoms with E-state index >= 15 is 0 Å². The Morgan fingerprint density at radius 3 is 2.41 bits per heavy atom. The minimum Gasteiger partial charge on any atom is -0.486 e. The first-order valence-corrected chi connectivity index (χ1v) is 13.7. The van der Waals surface area contributed by atoms with E-state index in [2.05, 4.69) is 15.9 Å². The standard InChI is InChI=1S/C31H28BrFN2O4/c1-20(36)35-13-11-25(12-14-35)39-31(37)27-17-28(32)26-16-23(15-21-7-9-24(33)10-8-21)18-34-29(26)30(27)38-19-22-5-3-2-4-6-22/h2-10,16-18,25H,11-15,19H2,1H3. The molecule has 0 radical (unpaired) electrons. The van der Waals surface area contributed by atoms with E-state index < -0.39 is 5.97 Å². The minimum absolute atomic E-state index is 0.0275. The van der Waals surface area contributed by atoms with E-state index in [1.165, 1.54) is 12.1 Å². The monoisotopic (exact) mass is 590 g/mol. The molecule has 2 heterocycles. The number of pyridine rings is 1. The molecule has 0 aliphatic carbocycles. The van der Waals surface area contributed by atoms with Crippen LogP contribution in [0, 0.1) is 5.82 Å². The van der Waals surface area contributed by atoms with E-state index in [4.69, 9.17) is 14.5 Å². The van der Waals surface area contributed by atoms with Crippen molar-refractivity contribution in [1.29, 1.82) is 0 Å². The molecule has 1 saturated heterocycles. The van der Waals surface area contributed by atoms with Gasteiger partial charge in [0.1, 0.15) is 29.6 Å². The summed E-state index contributed by atoms with van der Waals surface area (Å²) in [6, 6.07) is 19.8. The topological polar surface area (TPSA) is 68.7 Å². The molecule has 0 unspecified atom stereocenters. The smallest absolute Gasteiger partial charge is 0.342 e. The second-order valence-electron chi connectivity index (χ2n) is 9.66. The first-order chi connectivity index (χ1) is 18.9. The van der Waals surface area contributed by atoms with Gasteiger partial charge in [-0.3, -0.25) is 9.78 Å². The summed E-state index contributed by atoms with van der Waals surface area (Å²) in [7, 11) is 0. The molecule has 0 spiro atoms. The fourth-order valence-corrected chi connectivity index (χ4v) is 5.27. The van der Waals surface area contributed by atoms with Gasteiger partial charge in [0, 0.05) is 48.9 Å². The maximum Gasteiger partial charge on any atom is 0.342 e. The number of carbonyl (C=O) groups is 2. The number of hydrogen-bond acceptors (Lipinski definition) is 5. The molecule has 1 amide bonds. The summed E-state index contributed by atoms with van der Waals surface area (Å²) in [5.74, 6) is -0.377. The van der Waals surface area contributed by atoms with Gasteiger partial charge >= 0.3 is 5.97 Å². The molecule has 8 heteroatoms. The minimum atomic E-state index is -0.487. The molecule has 1 fully saturated rings. The van der Waals surface area contributed by atoms with Gasteiger partial charge in [0.2, 0.25) is 5.91 Å². The molecule has 4 aromatic rings. The highest BCUT2D eigenvalue weighted by molar-refractivity contribution is 9.10. The highest BCUT2D eigenvalue weighted by Crippen LogP contribution is 2.36. The van der Waals surface area contributed by atoms with Crippen molar-refractivity contribution in [3.8, 4) is 5.75 Å². The van der Waals surface area contributed by atoms with Crippen molar-refractivity contribution < 1.29 is 23.5 Å². The SMILES string of the molecule is CC(=O)N1CCC(OC(=O)c2cc(Br)c3cc(Cc4ccc(F)cc4)cnc3c2OCc2ccccc2)CC1. The highest BCUT2D eigenvalue weighted by atomic mass is 79.9. The number of benzene rings is 3. The number of halogens is 2. The average Bonchev–Trinajstić information content (AvgIpc) is 2.94. The number of hydrogen-bond donors (Lipinski definition) is 0. The number of carbonyl (C=O) groups excluding carboxylic acids is 2. The predicted octanol–water partition coefficient (Wildman–Crippen LogP) is 6.47. The Morgan fingerprint density at radius 1 is 1.00 bits per heavy atom. The number of esters is 1. The summed E-state index contributed by atoms with van der Waals surface area (Å²) < 4.78 is 26.2. The second-order valence-corrected chi connectivity index (χ2v) is 10.5. The zero-order valence-corrected chi connectivity index (χ0v) is 23.1. The van der Waals surface area contributed by atoms with Crippen molar-refractivity contribution in [2.75, 3.05) is 13.1 Å². The van der Waals surface area contributed by atoms with Crippen molar-refractivity contribution in [2.24, 2.45) is 0 Å². The Hall–Kier alpha value is -3.78. The number of rotatable bonds is 7. The quantitative estimate of drug-likeness (QED) is 0.231. The molecule has 0 N–H and O–H groups in total. The maximum atomic E-state index is 13.4. The molecule has 200 valence electrons. The van der Waals surface area contributed by atoms with E-state index in [0.717, 1.165) is 22.1 Å². The number of amides is 1. The Bertz CT molecular complexity index is 1490. The largest absolute Gasteiger partial charge is 0.486 e. The number of aromatic nitrogens is 1. The van der Waals surface area contributed by atoms with Crippen molar-refractivity contribution >= 4 is 38.7 Å². The summed E-state index contributed by atoms with van der Waals surface area (Å²) in [5.41, 5.74) is 3.69. The van der Waals surface area contributed by atoms with Crippen LogP contribution in [0.15, 0.2) is 77.4 Å². The van der Waals surface area contributed by atoms with Gasteiger partial charge in [0.05, 0.1) is 0 Å². The third-order valence-electron chi connectivity index (χ3n) is 6.86. The normalized spacial score (nSPS) is 13.9. The number of piperidine rings is 1. The van der Waals surface area contributed by atoms with Gasteiger partial charge in [-0.05, 0) is 47.4 Å². The number of nitrogens with zero attached hydrogens (tertiary/aromatic N) is 2. The molecule has 1 aliphatic rings. The van der Waals surface area contributed by atoms with Crippen molar-refractivity contribution in [3.05, 3.63) is 105 Å². The van der Waals surface area contributed by atoms with Gasteiger partial charge in [0.15, 0.2) is 5.75 Å². The lowest BCUT2D eigenvalue weighted by atomic mass is 10.0. The fourth-order valence-electron chi connectivity index (χ4n) is 4.73.